The Kier molecular flexibility index (Phi) is 5.13. The Morgan fingerprint density at radius 3 is 2.63 bits per heavy atom. The van der Waals surface area contributed by atoms with Crippen molar-refractivity contribution in [3.05, 3.63) is 33.3 Å². The molecule has 1 fully saturated rings. The fourth-order valence-electron chi connectivity index (χ4n) is 2.41. The van der Waals surface area contributed by atoms with Crippen molar-refractivity contribution in [2.24, 2.45) is 0 Å². The lowest BCUT2D eigenvalue weighted by Crippen LogP contribution is -2.44. The van der Waals surface area contributed by atoms with Crippen molar-refractivity contribution < 1.29 is 4.79 Å². The number of halogens is 1. The Balaban J connectivity index is 1.97. The highest BCUT2D eigenvalue weighted by Crippen LogP contribution is 2.22. The van der Waals surface area contributed by atoms with E-state index in [0.717, 1.165) is 53.9 Å². The van der Waals surface area contributed by atoms with E-state index in [1.54, 1.807) is 0 Å². The Morgan fingerprint density at radius 1 is 1.26 bits per heavy atom. The first kappa shape index (κ1) is 14.7. The van der Waals surface area contributed by atoms with E-state index in [4.69, 9.17) is 0 Å². The third-order valence-corrected chi connectivity index (χ3v) is 4.53. The maximum atomic E-state index is 12.3. The normalized spacial score (nSPS) is 16.6. The van der Waals surface area contributed by atoms with Gasteiger partial charge in [-0.25, -0.2) is 0 Å². The summed E-state index contributed by atoms with van der Waals surface area (Å²) in [6, 6.07) is 4.03. The molecule has 0 unspecified atom stereocenters. The van der Waals surface area contributed by atoms with Crippen LogP contribution in [0.5, 0.6) is 0 Å². The standard InChI is InChI=1S/C15H21BrN2O/c1-11-10-14(16)12(2)9-13(11)15(19)3-6-18-7-4-17-5-8-18/h9-10,17H,3-8H2,1-2H3. The molecule has 1 aromatic rings. The van der Waals surface area contributed by atoms with E-state index in [9.17, 15) is 4.79 Å². The van der Waals surface area contributed by atoms with Crippen LogP contribution in [-0.2, 0) is 0 Å². The zero-order valence-electron chi connectivity index (χ0n) is 11.6. The highest BCUT2D eigenvalue weighted by atomic mass is 79.9. The SMILES string of the molecule is Cc1cc(C(=O)CCN2CCNCC2)c(C)cc1Br. The minimum Gasteiger partial charge on any atom is -0.314 e. The third kappa shape index (κ3) is 3.88. The molecule has 0 aromatic heterocycles. The summed E-state index contributed by atoms with van der Waals surface area (Å²) in [6.45, 7) is 9.06. The Morgan fingerprint density at radius 2 is 1.95 bits per heavy atom. The lowest BCUT2D eigenvalue weighted by atomic mass is 10.00. The summed E-state index contributed by atoms with van der Waals surface area (Å²) in [6.07, 6.45) is 0.613. The molecule has 1 aromatic carbocycles. The molecule has 1 heterocycles. The van der Waals surface area contributed by atoms with E-state index in [-0.39, 0.29) is 5.78 Å². The van der Waals surface area contributed by atoms with Crippen LogP contribution >= 0.6 is 15.9 Å². The smallest absolute Gasteiger partial charge is 0.164 e. The molecule has 0 aliphatic carbocycles. The summed E-state index contributed by atoms with van der Waals surface area (Å²) in [5, 5.41) is 3.33. The van der Waals surface area contributed by atoms with Crippen LogP contribution in [-0.4, -0.2) is 43.4 Å². The number of piperazine rings is 1. The van der Waals surface area contributed by atoms with Crippen LogP contribution in [0.2, 0.25) is 0 Å². The molecule has 0 amide bonds. The first-order chi connectivity index (χ1) is 9.08. The number of hydrogen-bond donors (Lipinski definition) is 1. The minimum atomic E-state index is 0.256. The number of nitrogens with zero attached hydrogens (tertiary/aromatic N) is 1. The lowest BCUT2D eigenvalue weighted by molar-refractivity contribution is 0.0960. The summed E-state index contributed by atoms with van der Waals surface area (Å²) in [5.41, 5.74) is 3.05. The molecule has 3 nitrogen and oxygen atoms in total. The number of Topliss-reactive ketones (excluding diaryl/α,β-unsaturated/α-hetero) is 1. The largest absolute Gasteiger partial charge is 0.314 e. The van der Waals surface area contributed by atoms with Gasteiger partial charge in [0.1, 0.15) is 0 Å². The molecular formula is C15H21BrN2O. The van der Waals surface area contributed by atoms with Crippen LogP contribution in [0.25, 0.3) is 0 Å². The molecule has 0 atom stereocenters. The zero-order chi connectivity index (χ0) is 13.8. The Hall–Kier alpha value is -0.710. The van der Waals surface area contributed by atoms with Crippen LogP contribution in [0.15, 0.2) is 16.6 Å². The monoisotopic (exact) mass is 324 g/mol. The highest BCUT2D eigenvalue weighted by Gasteiger charge is 2.14. The Bertz CT molecular complexity index is 467. The van der Waals surface area contributed by atoms with E-state index >= 15 is 0 Å². The quantitative estimate of drug-likeness (QED) is 0.864. The fourth-order valence-corrected chi connectivity index (χ4v) is 2.87. The summed E-state index contributed by atoms with van der Waals surface area (Å²) >= 11 is 3.50. The van der Waals surface area contributed by atoms with Gasteiger partial charge in [0.15, 0.2) is 5.78 Å². The van der Waals surface area contributed by atoms with E-state index < -0.39 is 0 Å². The number of hydrogen-bond acceptors (Lipinski definition) is 3. The number of nitrogens with one attached hydrogen (secondary N) is 1. The van der Waals surface area contributed by atoms with E-state index in [1.807, 2.05) is 26.0 Å². The molecule has 0 bridgehead atoms. The molecule has 0 saturated carbocycles. The third-order valence-electron chi connectivity index (χ3n) is 3.67. The highest BCUT2D eigenvalue weighted by molar-refractivity contribution is 9.10. The summed E-state index contributed by atoms with van der Waals surface area (Å²) < 4.78 is 1.07. The van der Waals surface area contributed by atoms with Gasteiger partial charge < -0.3 is 10.2 Å². The van der Waals surface area contributed by atoms with Crippen LogP contribution < -0.4 is 5.32 Å². The number of rotatable bonds is 4. The second kappa shape index (κ2) is 6.64. The van der Waals surface area contributed by atoms with Gasteiger partial charge >= 0.3 is 0 Å². The molecule has 104 valence electrons. The van der Waals surface area contributed by atoms with Crippen molar-refractivity contribution in [2.75, 3.05) is 32.7 Å². The van der Waals surface area contributed by atoms with Crippen LogP contribution in [0.4, 0.5) is 0 Å². The van der Waals surface area contributed by atoms with Crippen molar-refractivity contribution in [2.45, 2.75) is 20.3 Å². The Labute approximate surface area is 123 Å². The van der Waals surface area contributed by atoms with Gasteiger partial charge in [-0.05, 0) is 37.1 Å². The molecule has 0 spiro atoms. The van der Waals surface area contributed by atoms with Crippen LogP contribution in [0.3, 0.4) is 0 Å². The van der Waals surface area contributed by atoms with Crippen molar-refractivity contribution >= 4 is 21.7 Å². The average molecular weight is 325 g/mol. The van der Waals surface area contributed by atoms with E-state index in [1.165, 1.54) is 0 Å². The average Bonchev–Trinajstić information content (AvgIpc) is 2.41. The zero-order valence-corrected chi connectivity index (χ0v) is 13.2. The molecule has 0 radical (unpaired) electrons. The van der Waals surface area contributed by atoms with Crippen LogP contribution in [0.1, 0.15) is 27.9 Å². The fraction of sp³-hybridized carbons (Fsp3) is 0.533. The van der Waals surface area contributed by atoms with Gasteiger partial charge in [0.05, 0.1) is 0 Å². The summed E-state index contributed by atoms with van der Waals surface area (Å²) in [5.74, 6) is 0.256. The summed E-state index contributed by atoms with van der Waals surface area (Å²) in [4.78, 5) is 14.7. The number of carbonyl (C=O) groups excluding carboxylic acids is 1. The van der Waals surface area contributed by atoms with Gasteiger partial charge in [-0.2, -0.15) is 0 Å². The molecule has 1 N–H and O–H groups in total. The first-order valence-corrected chi connectivity index (χ1v) is 7.60. The minimum absolute atomic E-state index is 0.256. The molecular weight excluding hydrogens is 304 g/mol. The second-order valence-electron chi connectivity index (χ2n) is 5.18. The second-order valence-corrected chi connectivity index (χ2v) is 6.04. The van der Waals surface area contributed by atoms with Gasteiger partial charge in [-0.1, -0.05) is 15.9 Å². The molecule has 2 rings (SSSR count). The predicted molar refractivity (Wildman–Crippen MR) is 81.9 cm³/mol. The molecule has 1 aliphatic rings. The maximum Gasteiger partial charge on any atom is 0.164 e. The van der Waals surface area contributed by atoms with Crippen molar-refractivity contribution in [3.8, 4) is 0 Å². The molecule has 4 heteroatoms. The van der Waals surface area contributed by atoms with Crippen molar-refractivity contribution in [3.63, 3.8) is 0 Å². The van der Waals surface area contributed by atoms with Gasteiger partial charge in [0.2, 0.25) is 0 Å². The van der Waals surface area contributed by atoms with Crippen LogP contribution in [0, 0.1) is 13.8 Å². The van der Waals surface area contributed by atoms with Crippen molar-refractivity contribution in [1.82, 2.24) is 10.2 Å². The van der Waals surface area contributed by atoms with E-state index in [2.05, 4.69) is 26.1 Å². The molecule has 1 saturated heterocycles. The number of ketones is 1. The van der Waals surface area contributed by atoms with E-state index in [0.29, 0.717) is 6.42 Å². The number of carbonyl (C=O) groups is 1. The maximum absolute atomic E-state index is 12.3. The molecule has 1 aliphatic heterocycles. The first-order valence-electron chi connectivity index (χ1n) is 6.81. The topological polar surface area (TPSA) is 32.3 Å². The summed E-state index contributed by atoms with van der Waals surface area (Å²) in [7, 11) is 0. The number of benzene rings is 1. The lowest BCUT2D eigenvalue weighted by Gasteiger charge is -2.26. The van der Waals surface area contributed by atoms with Gasteiger partial charge in [-0.3, -0.25) is 4.79 Å². The number of aryl methyl sites for hydroxylation is 2. The van der Waals surface area contributed by atoms with Crippen molar-refractivity contribution in [1.29, 1.82) is 0 Å². The molecule has 19 heavy (non-hydrogen) atoms. The van der Waals surface area contributed by atoms with Gasteiger partial charge in [0, 0.05) is 49.2 Å². The van der Waals surface area contributed by atoms with Gasteiger partial charge in [0.25, 0.3) is 0 Å². The predicted octanol–water partition coefficient (Wildman–Crippen LogP) is 2.54. The van der Waals surface area contributed by atoms with Gasteiger partial charge in [-0.15, -0.1) is 0 Å².